The van der Waals surface area contributed by atoms with Gasteiger partial charge in [0.25, 0.3) is 0 Å². The Hall–Kier alpha value is -0.566. The predicted molar refractivity (Wildman–Crippen MR) is 104 cm³/mol. The van der Waals surface area contributed by atoms with Gasteiger partial charge in [0.15, 0.2) is 5.78 Å². The number of allylic oxidation sites excluding steroid dienone is 4. The minimum Gasteiger partial charge on any atom is -0.388 e. The molecule has 1 N–H and O–H groups in total. The molecule has 1 aliphatic rings. The van der Waals surface area contributed by atoms with E-state index in [-0.39, 0.29) is 50.3 Å². The molecule has 0 amide bonds. The van der Waals surface area contributed by atoms with Crippen molar-refractivity contribution in [2.75, 3.05) is 0 Å². The summed E-state index contributed by atoms with van der Waals surface area (Å²) in [5.41, 5.74) is 2.00. The van der Waals surface area contributed by atoms with E-state index >= 15 is 0 Å². The van der Waals surface area contributed by atoms with Crippen molar-refractivity contribution in [2.24, 2.45) is 5.92 Å². The number of unbranched alkanes of at least 4 members (excludes halogenated alkanes) is 3. The first-order chi connectivity index (χ1) is 12.2. The van der Waals surface area contributed by atoms with E-state index in [2.05, 4.69) is 26.0 Å². The van der Waals surface area contributed by atoms with E-state index < -0.39 is 6.10 Å². The Labute approximate surface area is 184 Å². The molecule has 2 nitrogen and oxygen atoms in total. The van der Waals surface area contributed by atoms with E-state index in [9.17, 15) is 9.90 Å². The number of benzene rings is 1. The van der Waals surface area contributed by atoms with Crippen LogP contribution in [0.1, 0.15) is 75.0 Å². The monoisotopic (exact) mass is 428 g/mol. The predicted octanol–water partition coefficient (Wildman–Crippen LogP) is 5.70. The van der Waals surface area contributed by atoms with Crippen LogP contribution in [0.15, 0.2) is 48.6 Å². The van der Waals surface area contributed by atoms with E-state index in [1.54, 1.807) is 6.08 Å². The molecule has 3 atom stereocenters. The topological polar surface area (TPSA) is 37.3 Å². The summed E-state index contributed by atoms with van der Waals surface area (Å²) in [6.45, 7) is 6.00. The van der Waals surface area contributed by atoms with Crippen LogP contribution < -0.4 is 0 Å². The average Bonchev–Trinajstić information content (AvgIpc) is 2.99. The Kier molecular flexibility index (Phi) is 11.5. The third kappa shape index (κ3) is 6.87. The number of carbonyl (C=O) groups is 1. The summed E-state index contributed by atoms with van der Waals surface area (Å²) in [6, 6.07) is 7.99. The second-order valence-corrected chi connectivity index (χ2v) is 6.93. The van der Waals surface area contributed by atoms with Gasteiger partial charge in [0, 0.05) is 32.7 Å². The number of carbonyl (C=O) groups excluding carboxylic acids is 1. The summed E-state index contributed by atoms with van der Waals surface area (Å²) in [4.78, 5) is 12.3. The smallest absolute Gasteiger partial charge is 0.163 e. The van der Waals surface area contributed by atoms with Crippen LogP contribution in [0.5, 0.6) is 0 Å². The van der Waals surface area contributed by atoms with Gasteiger partial charge in [-0.15, -0.1) is 0 Å². The first-order valence-corrected chi connectivity index (χ1v) is 9.61. The molecule has 0 saturated carbocycles. The zero-order valence-electron chi connectivity index (χ0n) is 15.9. The number of aliphatic hydroxyl groups excluding tert-OH is 1. The van der Waals surface area contributed by atoms with Gasteiger partial charge >= 0.3 is 0 Å². The molecular formula is C23H31O2Y-. The fourth-order valence-electron chi connectivity index (χ4n) is 3.44. The van der Waals surface area contributed by atoms with Crippen LogP contribution in [0, 0.1) is 12.8 Å². The first kappa shape index (κ1) is 23.5. The maximum atomic E-state index is 12.3. The SMILES string of the molecule is [CH2-]CC/C=C\C[C@H]1C=CC(=O)[C@@H]1c1ccc(C(O)CCCCC)cc1.[Y]. The summed E-state index contributed by atoms with van der Waals surface area (Å²) in [6.07, 6.45) is 14.6. The standard InChI is InChI=1S/C23H31O2.Y/c1-3-5-7-9-10-19-16-17-22(25)23(19)20-14-12-18(13-15-20)21(24)11-8-6-4-2;/h7,9,12-17,19,21,23-24H,1,3-6,8,10-11H2,2H3;/q-1;/b9-7-;/t19-,21?,23-;/m0./s1. The van der Waals surface area contributed by atoms with Crippen LogP contribution in [0.25, 0.3) is 0 Å². The summed E-state index contributed by atoms with van der Waals surface area (Å²) in [5, 5.41) is 10.3. The van der Waals surface area contributed by atoms with Crippen LogP contribution in [0.3, 0.4) is 0 Å². The molecule has 0 spiro atoms. The average molecular weight is 428 g/mol. The van der Waals surface area contributed by atoms with Crippen LogP contribution in [-0.2, 0) is 37.5 Å². The van der Waals surface area contributed by atoms with Crippen molar-refractivity contribution < 1.29 is 42.6 Å². The van der Waals surface area contributed by atoms with Gasteiger partial charge in [-0.1, -0.05) is 75.1 Å². The van der Waals surface area contributed by atoms with E-state index in [4.69, 9.17) is 0 Å². The fourth-order valence-corrected chi connectivity index (χ4v) is 3.44. The number of aliphatic hydroxyl groups is 1. The summed E-state index contributed by atoms with van der Waals surface area (Å²) in [5.74, 6) is 0.330. The van der Waals surface area contributed by atoms with Gasteiger partial charge in [-0.05, 0) is 36.0 Å². The molecule has 1 aliphatic carbocycles. The molecule has 1 aromatic rings. The second kappa shape index (κ2) is 12.8. The molecule has 0 aromatic heterocycles. The molecule has 3 heteroatoms. The van der Waals surface area contributed by atoms with E-state index in [1.165, 1.54) is 0 Å². The minimum absolute atomic E-state index is 0. The molecule has 139 valence electrons. The van der Waals surface area contributed by atoms with Crippen LogP contribution in [0.2, 0.25) is 0 Å². The van der Waals surface area contributed by atoms with Crippen LogP contribution >= 0.6 is 0 Å². The van der Waals surface area contributed by atoms with Crippen LogP contribution in [0.4, 0.5) is 0 Å². The van der Waals surface area contributed by atoms with Crippen LogP contribution in [-0.4, -0.2) is 10.9 Å². The molecule has 26 heavy (non-hydrogen) atoms. The normalized spacial score (nSPS) is 20.5. The number of hydrogen-bond acceptors (Lipinski definition) is 2. The third-order valence-corrected chi connectivity index (χ3v) is 4.95. The summed E-state index contributed by atoms with van der Waals surface area (Å²) >= 11 is 0. The van der Waals surface area contributed by atoms with Gasteiger partial charge in [0.05, 0.1) is 12.0 Å². The van der Waals surface area contributed by atoms with E-state index in [1.807, 2.05) is 30.3 Å². The first-order valence-electron chi connectivity index (χ1n) is 9.61. The molecule has 0 aliphatic heterocycles. The molecular weight excluding hydrogens is 397 g/mol. The van der Waals surface area contributed by atoms with Crippen molar-refractivity contribution in [2.45, 2.75) is 63.9 Å². The maximum absolute atomic E-state index is 12.3. The van der Waals surface area contributed by atoms with Crippen molar-refractivity contribution in [3.8, 4) is 0 Å². The minimum atomic E-state index is -0.403. The Morgan fingerprint density at radius 2 is 1.92 bits per heavy atom. The fraction of sp³-hybridized carbons (Fsp3) is 0.478. The van der Waals surface area contributed by atoms with E-state index in [0.717, 1.165) is 56.1 Å². The Balaban J connectivity index is 0.00000338. The maximum Gasteiger partial charge on any atom is 0.163 e. The molecule has 1 unspecified atom stereocenters. The molecule has 1 radical (unpaired) electrons. The molecule has 0 heterocycles. The van der Waals surface area contributed by atoms with Crippen molar-refractivity contribution >= 4 is 5.78 Å². The van der Waals surface area contributed by atoms with Crippen molar-refractivity contribution in [3.05, 3.63) is 66.6 Å². The Morgan fingerprint density at radius 1 is 1.19 bits per heavy atom. The summed E-state index contributed by atoms with van der Waals surface area (Å²) in [7, 11) is 0. The van der Waals surface area contributed by atoms with Gasteiger partial charge in [-0.25, -0.2) is 0 Å². The quantitative estimate of drug-likeness (QED) is 0.295. The third-order valence-electron chi connectivity index (χ3n) is 4.95. The Bertz CT molecular complexity index is 589. The molecule has 2 rings (SSSR count). The summed E-state index contributed by atoms with van der Waals surface area (Å²) < 4.78 is 0. The zero-order valence-corrected chi connectivity index (χ0v) is 18.8. The van der Waals surface area contributed by atoms with Gasteiger partial charge in [0.1, 0.15) is 0 Å². The number of ketones is 1. The van der Waals surface area contributed by atoms with Crippen molar-refractivity contribution in [1.82, 2.24) is 0 Å². The molecule has 0 fully saturated rings. The molecule has 1 aromatic carbocycles. The van der Waals surface area contributed by atoms with E-state index in [0.29, 0.717) is 0 Å². The van der Waals surface area contributed by atoms with Gasteiger partial charge in [0.2, 0.25) is 0 Å². The van der Waals surface area contributed by atoms with Gasteiger partial charge in [-0.2, -0.15) is 6.42 Å². The molecule has 0 saturated heterocycles. The number of rotatable bonds is 10. The second-order valence-electron chi connectivity index (χ2n) is 6.93. The Morgan fingerprint density at radius 3 is 2.58 bits per heavy atom. The zero-order chi connectivity index (χ0) is 18.1. The molecule has 0 bridgehead atoms. The number of hydrogen-bond donors (Lipinski definition) is 1. The largest absolute Gasteiger partial charge is 0.388 e. The van der Waals surface area contributed by atoms with Gasteiger partial charge < -0.3 is 12.0 Å². The van der Waals surface area contributed by atoms with Crippen molar-refractivity contribution in [3.63, 3.8) is 0 Å². The van der Waals surface area contributed by atoms with Gasteiger partial charge in [-0.3, -0.25) is 4.79 Å². The van der Waals surface area contributed by atoms with Crippen molar-refractivity contribution in [1.29, 1.82) is 0 Å².